The molecule has 0 radical (unpaired) electrons. The van der Waals surface area contributed by atoms with Crippen molar-refractivity contribution < 1.29 is 18.4 Å². The van der Waals surface area contributed by atoms with Crippen LogP contribution in [0.25, 0.3) is 0 Å². The molecule has 1 atom stereocenters. The van der Waals surface area contributed by atoms with E-state index in [0.29, 0.717) is 0 Å². The molecular formula is C15H18F2N2O2. The zero-order valence-electron chi connectivity index (χ0n) is 12.2. The highest BCUT2D eigenvalue weighted by atomic mass is 19.2. The number of amides is 2. The molecule has 1 aromatic rings. The molecule has 4 nitrogen and oxygen atoms in total. The SMILES string of the molecule is CC(C)(C)C1NC(=O)CCN(c2cccc(F)c2F)C1=O. The molecule has 1 aliphatic rings. The Kier molecular flexibility index (Phi) is 3.98. The molecule has 1 N–H and O–H groups in total. The van der Waals surface area contributed by atoms with Gasteiger partial charge in [0, 0.05) is 13.0 Å². The Morgan fingerprint density at radius 1 is 1.24 bits per heavy atom. The van der Waals surface area contributed by atoms with Gasteiger partial charge in [-0.2, -0.15) is 0 Å². The first kappa shape index (κ1) is 15.4. The van der Waals surface area contributed by atoms with Crippen molar-refractivity contribution in [3.8, 4) is 0 Å². The van der Waals surface area contributed by atoms with Crippen molar-refractivity contribution in [2.24, 2.45) is 5.41 Å². The van der Waals surface area contributed by atoms with Crippen LogP contribution in [0.4, 0.5) is 14.5 Å². The highest BCUT2D eigenvalue weighted by Gasteiger charge is 2.39. The van der Waals surface area contributed by atoms with Crippen molar-refractivity contribution >= 4 is 17.5 Å². The molecule has 1 aliphatic heterocycles. The van der Waals surface area contributed by atoms with E-state index in [2.05, 4.69) is 5.32 Å². The first-order valence-corrected chi connectivity index (χ1v) is 6.76. The van der Waals surface area contributed by atoms with Crippen LogP contribution in [-0.2, 0) is 9.59 Å². The smallest absolute Gasteiger partial charge is 0.250 e. The fourth-order valence-electron chi connectivity index (χ4n) is 2.30. The minimum absolute atomic E-state index is 0.0254. The zero-order valence-corrected chi connectivity index (χ0v) is 12.2. The first-order chi connectivity index (χ1) is 9.71. The third-order valence-corrected chi connectivity index (χ3v) is 3.47. The van der Waals surface area contributed by atoms with Crippen LogP contribution >= 0.6 is 0 Å². The monoisotopic (exact) mass is 296 g/mol. The van der Waals surface area contributed by atoms with Gasteiger partial charge in [-0.1, -0.05) is 26.8 Å². The molecule has 0 aliphatic carbocycles. The molecule has 0 saturated carbocycles. The summed E-state index contributed by atoms with van der Waals surface area (Å²) in [5.74, 6) is -2.80. The Morgan fingerprint density at radius 2 is 1.90 bits per heavy atom. The normalized spacial score (nSPS) is 20.2. The van der Waals surface area contributed by atoms with Crippen molar-refractivity contribution in [3.63, 3.8) is 0 Å². The zero-order chi connectivity index (χ0) is 15.8. The molecule has 2 amide bonds. The summed E-state index contributed by atoms with van der Waals surface area (Å²) in [6, 6.07) is 2.89. The number of nitrogens with zero attached hydrogens (tertiary/aromatic N) is 1. The van der Waals surface area contributed by atoms with Crippen LogP contribution in [0.1, 0.15) is 27.2 Å². The van der Waals surface area contributed by atoms with Crippen LogP contribution < -0.4 is 10.2 Å². The maximum Gasteiger partial charge on any atom is 0.250 e. The molecule has 1 fully saturated rings. The topological polar surface area (TPSA) is 49.4 Å². The van der Waals surface area contributed by atoms with E-state index >= 15 is 0 Å². The number of benzene rings is 1. The summed E-state index contributed by atoms with van der Waals surface area (Å²) < 4.78 is 27.3. The van der Waals surface area contributed by atoms with E-state index < -0.39 is 29.0 Å². The number of hydrogen-bond donors (Lipinski definition) is 1. The van der Waals surface area contributed by atoms with E-state index in [4.69, 9.17) is 0 Å². The Labute approximate surface area is 122 Å². The molecule has 21 heavy (non-hydrogen) atoms. The summed E-state index contributed by atoms with van der Waals surface area (Å²) in [7, 11) is 0. The van der Waals surface area contributed by atoms with Gasteiger partial charge in [0.25, 0.3) is 0 Å². The molecule has 1 unspecified atom stereocenters. The summed E-state index contributed by atoms with van der Waals surface area (Å²) in [5.41, 5.74) is -0.662. The lowest BCUT2D eigenvalue weighted by atomic mass is 9.86. The maximum absolute atomic E-state index is 13.9. The Morgan fingerprint density at radius 3 is 2.52 bits per heavy atom. The van der Waals surface area contributed by atoms with Crippen LogP contribution in [0.2, 0.25) is 0 Å². The third-order valence-electron chi connectivity index (χ3n) is 3.47. The van der Waals surface area contributed by atoms with Crippen LogP contribution in [0.5, 0.6) is 0 Å². The summed E-state index contributed by atoms with van der Waals surface area (Å²) >= 11 is 0. The van der Waals surface area contributed by atoms with Gasteiger partial charge in [-0.3, -0.25) is 9.59 Å². The van der Waals surface area contributed by atoms with Crippen LogP contribution in [0, 0.1) is 17.0 Å². The van der Waals surface area contributed by atoms with E-state index in [-0.39, 0.29) is 24.6 Å². The van der Waals surface area contributed by atoms with E-state index in [9.17, 15) is 18.4 Å². The number of hydrogen-bond acceptors (Lipinski definition) is 2. The standard InChI is InChI=1S/C15H18F2N2O2/c1-15(2,3)13-14(21)19(8-7-11(20)18-13)10-6-4-5-9(16)12(10)17/h4-6,13H,7-8H2,1-3H3,(H,18,20). The molecule has 2 rings (SSSR count). The average molecular weight is 296 g/mol. The number of rotatable bonds is 1. The lowest BCUT2D eigenvalue weighted by molar-refractivity contribution is -0.127. The van der Waals surface area contributed by atoms with Gasteiger partial charge in [0.1, 0.15) is 6.04 Å². The van der Waals surface area contributed by atoms with E-state index in [1.165, 1.54) is 12.1 Å². The molecule has 1 saturated heterocycles. The number of anilines is 1. The largest absolute Gasteiger partial charge is 0.344 e. The Balaban J connectivity index is 2.45. The highest BCUT2D eigenvalue weighted by molar-refractivity contribution is 6.01. The van der Waals surface area contributed by atoms with E-state index in [1.807, 2.05) is 0 Å². The number of carbonyl (C=O) groups is 2. The quantitative estimate of drug-likeness (QED) is 0.864. The van der Waals surface area contributed by atoms with Gasteiger partial charge in [-0.05, 0) is 17.5 Å². The summed E-state index contributed by atoms with van der Waals surface area (Å²) in [5, 5.41) is 2.66. The highest BCUT2D eigenvalue weighted by Crippen LogP contribution is 2.28. The number of nitrogens with one attached hydrogen (secondary N) is 1. The second kappa shape index (κ2) is 5.42. The van der Waals surface area contributed by atoms with Gasteiger partial charge < -0.3 is 10.2 Å². The number of halogens is 2. The van der Waals surface area contributed by atoms with Gasteiger partial charge >= 0.3 is 0 Å². The molecule has 6 heteroatoms. The first-order valence-electron chi connectivity index (χ1n) is 6.76. The van der Waals surface area contributed by atoms with Gasteiger partial charge in [0.05, 0.1) is 5.69 Å². The number of carbonyl (C=O) groups excluding carboxylic acids is 2. The lowest BCUT2D eigenvalue weighted by Crippen LogP contribution is -2.52. The van der Waals surface area contributed by atoms with Gasteiger partial charge in [-0.25, -0.2) is 8.78 Å². The van der Waals surface area contributed by atoms with Crippen LogP contribution in [0.15, 0.2) is 18.2 Å². The molecule has 114 valence electrons. The van der Waals surface area contributed by atoms with Gasteiger partial charge in [0.2, 0.25) is 11.8 Å². The van der Waals surface area contributed by atoms with E-state index in [1.54, 1.807) is 20.8 Å². The van der Waals surface area contributed by atoms with E-state index in [0.717, 1.165) is 11.0 Å². The molecule has 1 aromatic carbocycles. The predicted octanol–water partition coefficient (Wildman–Crippen LogP) is 2.23. The molecule has 0 spiro atoms. The van der Waals surface area contributed by atoms with Crippen molar-refractivity contribution in [1.82, 2.24) is 5.32 Å². The minimum atomic E-state index is -1.08. The second-order valence-corrected chi connectivity index (χ2v) is 6.18. The van der Waals surface area contributed by atoms with Crippen molar-refractivity contribution in [2.45, 2.75) is 33.2 Å². The second-order valence-electron chi connectivity index (χ2n) is 6.18. The maximum atomic E-state index is 13.9. The average Bonchev–Trinajstić information content (AvgIpc) is 2.53. The Bertz CT molecular complexity index is 582. The van der Waals surface area contributed by atoms with Crippen molar-refractivity contribution in [1.29, 1.82) is 0 Å². The summed E-state index contributed by atoms with van der Waals surface area (Å²) in [6.07, 6.45) is 0.0499. The van der Waals surface area contributed by atoms with Gasteiger partial charge in [0.15, 0.2) is 11.6 Å². The molecule has 0 aromatic heterocycles. The lowest BCUT2D eigenvalue weighted by Gasteiger charge is -2.32. The third kappa shape index (κ3) is 3.04. The minimum Gasteiger partial charge on any atom is -0.344 e. The molecular weight excluding hydrogens is 278 g/mol. The molecule has 1 heterocycles. The predicted molar refractivity (Wildman–Crippen MR) is 74.7 cm³/mol. The summed E-state index contributed by atoms with van der Waals surface area (Å²) in [4.78, 5) is 25.5. The van der Waals surface area contributed by atoms with Crippen LogP contribution in [0.3, 0.4) is 0 Å². The fraction of sp³-hybridized carbons (Fsp3) is 0.467. The van der Waals surface area contributed by atoms with Crippen molar-refractivity contribution in [2.75, 3.05) is 11.4 Å². The molecule has 0 bridgehead atoms. The van der Waals surface area contributed by atoms with Gasteiger partial charge in [-0.15, -0.1) is 0 Å². The summed E-state index contributed by atoms with van der Waals surface area (Å²) in [6.45, 7) is 5.45. The fourth-order valence-corrected chi connectivity index (χ4v) is 2.30. The van der Waals surface area contributed by atoms with Crippen LogP contribution in [-0.4, -0.2) is 24.4 Å². The van der Waals surface area contributed by atoms with Crippen molar-refractivity contribution in [3.05, 3.63) is 29.8 Å². The Hall–Kier alpha value is -1.98.